The molecule has 0 atom stereocenters. The molecule has 112 valence electrons. The Hall–Kier alpha value is 0.250. The van der Waals surface area contributed by atoms with Crippen molar-refractivity contribution in [3.8, 4) is 0 Å². The number of unbranched alkanes of at least 4 members (excludes halogenated alkanes) is 2. The van der Waals surface area contributed by atoms with Crippen LogP contribution in [0.5, 0.6) is 0 Å². The van der Waals surface area contributed by atoms with E-state index in [-0.39, 0.29) is 0 Å². The van der Waals surface area contributed by atoms with Crippen LogP contribution in [0.1, 0.15) is 83.5 Å². The van der Waals surface area contributed by atoms with Gasteiger partial charge in [0.1, 0.15) is 0 Å². The molecule has 2 aliphatic rings. The summed E-state index contributed by atoms with van der Waals surface area (Å²) in [4.78, 5) is 2.92. The lowest BCUT2D eigenvalue weighted by Crippen LogP contribution is -2.45. The lowest BCUT2D eigenvalue weighted by molar-refractivity contribution is 0.0790. The Labute approximate surface area is 125 Å². The van der Waals surface area contributed by atoms with Crippen molar-refractivity contribution >= 4 is 11.6 Å². The summed E-state index contributed by atoms with van der Waals surface area (Å²) >= 11 is 5.80. The molecule has 1 nitrogen and oxygen atoms in total. The molecule has 0 aromatic rings. The average molecular weight is 286 g/mol. The Morgan fingerprint density at radius 2 is 1.21 bits per heavy atom. The molecule has 0 unspecified atom stereocenters. The van der Waals surface area contributed by atoms with Crippen molar-refractivity contribution in [1.82, 2.24) is 4.90 Å². The molecule has 2 heteroatoms. The summed E-state index contributed by atoms with van der Waals surface area (Å²) in [7, 11) is 0. The summed E-state index contributed by atoms with van der Waals surface area (Å²) in [6, 6.07) is 1.82. The van der Waals surface area contributed by atoms with Gasteiger partial charge in [-0.25, -0.2) is 0 Å². The van der Waals surface area contributed by atoms with Crippen molar-refractivity contribution in [2.24, 2.45) is 0 Å². The largest absolute Gasteiger partial charge is 0.297 e. The van der Waals surface area contributed by atoms with E-state index < -0.39 is 0 Å². The standard InChI is InChI=1S/C17H32ClN/c18-14-8-3-9-15-19(16-10-4-1-5-11-16)17-12-6-2-7-13-17/h16-17H,1-15H2. The van der Waals surface area contributed by atoms with Crippen LogP contribution in [0, 0.1) is 0 Å². The molecule has 0 aromatic heterocycles. The second-order valence-corrected chi connectivity index (χ2v) is 6.95. The van der Waals surface area contributed by atoms with Gasteiger partial charge in [-0.05, 0) is 45.1 Å². The Balaban J connectivity index is 1.83. The molecule has 2 fully saturated rings. The molecule has 0 bridgehead atoms. The van der Waals surface area contributed by atoms with Crippen molar-refractivity contribution in [1.29, 1.82) is 0 Å². The molecule has 2 rings (SSSR count). The van der Waals surface area contributed by atoms with E-state index in [1.54, 1.807) is 0 Å². The van der Waals surface area contributed by atoms with Crippen LogP contribution in [0.25, 0.3) is 0 Å². The number of hydrogen-bond donors (Lipinski definition) is 0. The predicted molar refractivity (Wildman–Crippen MR) is 85.0 cm³/mol. The molecule has 0 heterocycles. The third-order valence-electron chi connectivity index (χ3n) is 5.14. The first-order valence-corrected chi connectivity index (χ1v) is 9.27. The third-order valence-corrected chi connectivity index (χ3v) is 5.40. The zero-order valence-corrected chi connectivity index (χ0v) is 13.3. The van der Waals surface area contributed by atoms with Gasteiger partial charge in [-0.2, -0.15) is 0 Å². The van der Waals surface area contributed by atoms with Crippen molar-refractivity contribution in [3.05, 3.63) is 0 Å². The first-order valence-electron chi connectivity index (χ1n) is 8.73. The molecule has 0 saturated heterocycles. The fourth-order valence-corrected chi connectivity index (χ4v) is 4.24. The molecule has 0 spiro atoms. The fourth-order valence-electron chi connectivity index (χ4n) is 4.05. The zero-order chi connectivity index (χ0) is 13.3. The van der Waals surface area contributed by atoms with Gasteiger partial charge >= 0.3 is 0 Å². The molecule has 0 aliphatic heterocycles. The van der Waals surface area contributed by atoms with Crippen molar-refractivity contribution in [3.63, 3.8) is 0 Å². The number of halogens is 1. The van der Waals surface area contributed by atoms with Gasteiger partial charge in [0.25, 0.3) is 0 Å². The van der Waals surface area contributed by atoms with Gasteiger partial charge in [0.05, 0.1) is 0 Å². The quantitative estimate of drug-likeness (QED) is 0.449. The van der Waals surface area contributed by atoms with Crippen molar-refractivity contribution in [2.45, 2.75) is 95.6 Å². The average Bonchev–Trinajstić information content (AvgIpc) is 2.49. The van der Waals surface area contributed by atoms with E-state index in [9.17, 15) is 0 Å². The molecule has 0 radical (unpaired) electrons. The molecule has 0 N–H and O–H groups in total. The molecule has 2 saturated carbocycles. The van der Waals surface area contributed by atoms with Crippen LogP contribution in [-0.2, 0) is 0 Å². The summed E-state index contributed by atoms with van der Waals surface area (Å²) in [5, 5.41) is 0. The summed E-state index contributed by atoms with van der Waals surface area (Å²) in [5.41, 5.74) is 0. The molecule has 19 heavy (non-hydrogen) atoms. The number of nitrogens with zero attached hydrogens (tertiary/aromatic N) is 1. The maximum atomic E-state index is 5.80. The van der Waals surface area contributed by atoms with Gasteiger partial charge in [-0.1, -0.05) is 44.9 Å². The minimum absolute atomic E-state index is 0.840. The van der Waals surface area contributed by atoms with E-state index in [4.69, 9.17) is 11.6 Å². The van der Waals surface area contributed by atoms with E-state index in [2.05, 4.69) is 4.90 Å². The van der Waals surface area contributed by atoms with Crippen molar-refractivity contribution < 1.29 is 0 Å². The highest BCUT2D eigenvalue weighted by molar-refractivity contribution is 6.17. The minimum atomic E-state index is 0.840. The third kappa shape index (κ3) is 5.27. The summed E-state index contributed by atoms with van der Waals surface area (Å²) in [6.45, 7) is 1.34. The lowest BCUT2D eigenvalue weighted by Gasteiger charge is -2.41. The van der Waals surface area contributed by atoms with E-state index in [1.807, 2.05) is 0 Å². The van der Waals surface area contributed by atoms with Gasteiger partial charge in [-0.15, -0.1) is 11.6 Å². The van der Waals surface area contributed by atoms with Gasteiger partial charge in [0.2, 0.25) is 0 Å². The van der Waals surface area contributed by atoms with Crippen LogP contribution < -0.4 is 0 Å². The molecule has 0 amide bonds. The monoisotopic (exact) mass is 285 g/mol. The summed E-state index contributed by atoms with van der Waals surface area (Å²) in [5.74, 6) is 0.840. The highest BCUT2D eigenvalue weighted by Crippen LogP contribution is 2.30. The van der Waals surface area contributed by atoms with E-state index >= 15 is 0 Å². The van der Waals surface area contributed by atoms with Gasteiger partial charge < -0.3 is 0 Å². The Bertz CT molecular complexity index is 201. The van der Waals surface area contributed by atoms with Crippen LogP contribution in [0.4, 0.5) is 0 Å². The van der Waals surface area contributed by atoms with Crippen LogP contribution in [0.3, 0.4) is 0 Å². The molecular weight excluding hydrogens is 254 g/mol. The van der Waals surface area contributed by atoms with Crippen molar-refractivity contribution in [2.75, 3.05) is 12.4 Å². The highest BCUT2D eigenvalue weighted by Gasteiger charge is 2.28. The molecule has 2 aliphatic carbocycles. The topological polar surface area (TPSA) is 3.24 Å². The van der Waals surface area contributed by atoms with Crippen LogP contribution in [0.2, 0.25) is 0 Å². The zero-order valence-electron chi connectivity index (χ0n) is 12.6. The first-order chi connectivity index (χ1) is 9.42. The lowest BCUT2D eigenvalue weighted by atomic mass is 9.88. The van der Waals surface area contributed by atoms with Gasteiger partial charge in [0, 0.05) is 18.0 Å². The van der Waals surface area contributed by atoms with Gasteiger partial charge in [-0.3, -0.25) is 4.90 Å². The summed E-state index contributed by atoms with van der Waals surface area (Å²) in [6.07, 6.45) is 18.6. The van der Waals surface area contributed by atoms with Crippen LogP contribution >= 0.6 is 11.6 Å². The normalized spacial score (nSPS) is 23.1. The summed E-state index contributed by atoms with van der Waals surface area (Å²) < 4.78 is 0. The fraction of sp³-hybridized carbons (Fsp3) is 1.00. The van der Waals surface area contributed by atoms with E-state index in [0.29, 0.717) is 0 Å². The second-order valence-electron chi connectivity index (χ2n) is 6.57. The maximum Gasteiger partial charge on any atom is 0.0223 e. The number of alkyl halides is 1. The maximum absolute atomic E-state index is 5.80. The smallest absolute Gasteiger partial charge is 0.0223 e. The molecule has 0 aromatic carbocycles. The SMILES string of the molecule is ClCCCCCN(C1CCCCC1)C1CCCCC1. The van der Waals surface area contributed by atoms with Crippen LogP contribution in [-0.4, -0.2) is 29.4 Å². The Kier molecular flexibility index (Phi) is 7.60. The number of rotatable bonds is 7. The first kappa shape index (κ1) is 15.6. The Morgan fingerprint density at radius 1 is 0.684 bits per heavy atom. The van der Waals surface area contributed by atoms with E-state index in [0.717, 1.165) is 18.0 Å². The molecular formula is C17H32ClN. The Morgan fingerprint density at radius 3 is 1.68 bits per heavy atom. The number of hydrogen-bond acceptors (Lipinski definition) is 1. The predicted octanol–water partition coefficient (Wildman–Crippen LogP) is 5.36. The highest BCUT2D eigenvalue weighted by atomic mass is 35.5. The minimum Gasteiger partial charge on any atom is -0.297 e. The van der Waals surface area contributed by atoms with Gasteiger partial charge in [0.15, 0.2) is 0 Å². The van der Waals surface area contributed by atoms with E-state index in [1.165, 1.54) is 90.0 Å². The second kappa shape index (κ2) is 9.23. The van der Waals surface area contributed by atoms with Crippen LogP contribution in [0.15, 0.2) is 0 Å².